The van der Waals surface area contributed by atoms with Gasteiger partial charge in [0.15, 0.2) is 0 Å². The van der Waals surface area contributed by atoms with E-state index in [1.54, 1.807) is 19.1 Å². The van der Waals surface area contributed by atoms with Gasteiger partial charge < -0.3 is 9.47 Å². The average molecular weight is 375 g/mol. The fourth-order valence-corrected chi connectivity index (χ4v) is 4.11. The topological polar surface area (TPSA) is 64.5 Å². The lowest BCUT2D eigenvalue weighted by Gasteiger charge is -2.27. The lowest BCUT2D eigenvalue weighted by Crippen LogP contribution is -2.39. The van der Waals surface area contributed by atoms with Crippen LogP contribution in [-0.2, 0) is 9.53 Å². The number of aromatic nitrogens is 2. The van der Waals surface area contributed by atoms with Crippen LogP contribution in [0.1, 0.15) is 32.1 Å². The summed E-state index contributed by atoms with van der Waals surface area (Å²) >= 11 is 1.44. The third-order valence-electron chi connectivity index (χ3n) is 4.72. The van der Waals surface area contributed by atoms with Gasteiger partial charge in [-0.05, 0) is 37.1 Å². The van der Waals surface area contributed by atoms with E-state index >= 15 is 0 Å². The number of benzene rings is 1. The molecule has 0 bridgehead atoms. The van der Waals surface area contributed by atoms with Crippen molar-refractivity contribution in [2.75, 3.05) is 32.3 Å². The van der Waals surface area contributed by atoms with Gasteiger partial charge in [-0.3, -0.25) is 9.69 Å². The van der Waals surface area contributed by atoms with Gasteiger partial charge in [0, 0.05) is 18.6 Å². The minimum atomic E-state index is 0.0916. The lowest BCUT2D eigenvalue weighted by molar-refractivity contribution is -0.123. The predicted molar refractivity (Wildman–Crippen MR) is 103 cm³/mol. The summed E-state index contributed by atoms with van der Waals surface area (Å²) in [6.45, 7) is 0.985. The summed E-state index contributed by atoms with van der Waals surface area (Å²) in [5, 5.41) is 10.0. The summed E-state index contributed by atoms with van der Waals surface area (Å²) < 4.78 is 10.4. The first kappa shape index (κ1) is 18.8. The van der Waals surface area contributed by atoms with Gasteiger partial charge >= 0.3 is 0 Å². The van der Waals surface area contributed by atoms with Crippen molar-refractivity contribution in [3.05, 3.63) is 24.3 Å². The summed E-state index contributed by atoms with van der Waals surface area (Å²) in [5.41, 5.74) is 0.964. The Bertz CT molecular complexity index is 711. The molecule has 0 atom stereocenters. The molecule has 0 spiro atoms. The average Bonchev–Trinajstić information content (AvgIpc) is 3.19. The lowest BCUT2D eigenvalue weighted by atomic mass is 9.88. The smallest absolute Gasteiger partial charge is 0.232 e. The number of hydrogen-bond donors (Lipinski definition) is 0. The molecule has 0 radical (unpaired) electrons. The SMILES string of the molecule is COCCN(C(=O)C1CCCCC1)c1nnc(-c2ccc(OC)cc2)s1. The van der Waals surface area contributed by atoms with Gasteiger partial charge in [-0.25, -0.2) is 0 Å². The molecule has 1 saturated carbocycles. The van der Waals surface area contributed by atoms with Crippen molar-refractivity contribution < 1.29 is 14.3 Å². The largest absolute Gasteiger partial charge is 0.497 e. The molecule has 3 rings (SSSR count). The van der Waals surface area contributed by atoms with Crippen molar-refractivity contribution in [2.24, 2.45) is 5.92 Å². The van der Waals surface area contributed by atoms with Gasteiger partial charge in [0.05, 0.1) is 20.3 Å². The van der Waals surface area contributed by atoms with Crippen molar-refractivity contribution in [1.82, 2.24) is 10.2 Å². The van der Waals surface area contributed by atoms with Crippen LogP contribution in [0, 0.1) is 5.92 Å². The van der Waals surface area contributed by atoms with E-state index in [1.807, 2.05) is 24.3 Å². The summed E-state index contributed by atoms with van der Waals surface area (Å²) in [7, 11) is 3.29. The summed E-state index contributed by atoms with van der Waals surface area (Å²) in [6.07, 6.45) is 5.41. The first-order valence-corrected chi connectivity index (χ1v) is 9.83. The number of methoxy groups -OCH3 is 2. The van der Waals surface area contributed by atoms with E-state index in [-0.39, 0.29) is 11.8 Å². The van der Waals surface area contributed by atoms with E-state index in [1.165, 1.54) is 17.8 Å². The van der Waals surface area contributed by atoms with Crippen LogP contribution in [0.25, 0.3) is 10.6 Å². The monoisotopic (exact) mass is 375 g/mol. The molecule has 6 nitrogen and oxygen atoms in total. The molecule has 7 heteroatoms. The summed E-state index contributed by atoms with van der Waals surface area (Å²) in [6, 6.07) is 7.69. The zero-order chi connectivity index (χ0) is 18.4. The van der Waals surface area contributed by atoms with E-state index in [4.69, 9.17) is 9.47 Å². The Hall–Kier alpha value is -1.99. The Morgan fingerprint density at radius 3 is 2.54 bits per heavy atom. The van der Waals surface area contributed by atoms with Crippen LogP contribution in [0.5, 0.6) is 5.75 Å². The molecule has 1 aliphatic rings. The van der Waals surface area contributed by atoms with Gasteiger partial charge in [0.1, 0.15) is 10.8 Å². The minimum Gasteiger partial charge on any atom is -0.497 e. The Balaban J connectivity index is 1.79. The van der Waals surface area contributed by atoms with Crippen LogP contribution in [0.2, 0.25) is 0 Å². The second-order valence-corrected chi connectivity index (χ2v) is 7.39. The summed E-state index contributed by atoms with van der Waals surface area (Å²) in [5.74, 6) is 1.04. The Morgan fingerprint density at radius 1 is 1.15 bits per heavy atom. The van der Waals surface area contributed by atoms with Crippen molar-refractivity contribution >= 4 is 22.4 Å². The number of ether oxygens (including phenoxy) is 2. The van der Waals surface area contributed by atoms with E-state index in [2.05, 4.69) is 10.2 Å². The molecular formula is C19H25N3O3S. The summed E-state index contributed by atoms with van der Waals surface area (Å²) in [4.78, 5) is 14.8. The first-order chi connectivity index (χ1) is 12.7. The molecule has 0 unspecified atom stereocenters. The second kappa shape index (κ2) is 9.09. The van der Waals surface area contributed by atoms with Crippen molar-refractivity contribution in [3.8, 4) is 16.3 Å². The molecule has 1 heterocycles. The van der Waals surface area contributed by atoms with Crippen molar-refractivity contribution in [1.29, 1.82) is 0 Å². The van der Waals surface area contributed by atoms with Crippen molar-refractivity contribution in [3.63, 3.8) is 0 Å². The van der Waals surface area contributed by atoms with Crippen LogP contribution in [0.3, 0.4) is 0 Å². The molecule has 1 aromatic heterocycles. The fraction of sp³-hybridized carbons (Fsp3) is 0.526. The highest BCUT2D eigenvalue weighted by Gasteiger charge is 2.28. The van der Waals surface area contributed by atoms with E-state index in [9.17, 15) is 4.79 Å². The number of rotatable bonds is 7. The maximum atomic E-state index is 13.0. The zero-order valence-electron chi connectivity index (χ0n) is 15.3. The molecule has 0 saturated heterocycles. The number of amides is 1. The normalized spacial score (nSPS) is 15.0. The van der Waals surface area contributed by atoms with Gasteiger partial charge in [0.25, 0.3) is 0 Å². The maximum Gasteiger partial charge on any atom is 0.232 e. The molecule has 0 aliphatic heterocycles. The van der Waals surface area contributed by atoms with Gasteiger partial charge in [-0.15, -0.1) is 10.2 Å². The molecule has 26 heavy (non-hydrogen) atoms. The van der Waals surface area contributed by atoms with Gasteiger partial charge in [-0.2, -0.15) is 0 Å². The van der Waals surface area contributed by atoms with E-state index in [0.717, 1.165) is 42.0 Å². The number of anilines is 1. The predicted octanol–water partition coefficient (Wildman–Crippen LogP) is 3.77. The Morgan fingerprint density at radius 2 is 1.88 bits per heavy atom. The highest BCUT2D eigenvalue weighted by Crippen LogP contribution is 2.32. The van der Waals surface area contributed by atoms with Crippen LogP contribution in [0.15, 0.2) is 24.3 Å². The standard InChI is InChI=1S/C19H25N3O3S/c1-24-13-12-22(18(23)15-6-4-3-5-7-15)19-21-20-17(26-19)14-8-10-16(25-2)11-9-14/h8-11,15H,3-7,12-13H2,1-2H3. The zero-order valence-corrected chi connectivity index (χ0v) is 16.1. The maximum absolute atomic E-state index is 13.0. The quantitative estimate of drug-likeness (QED) is 0.737. The molecule has 0 N–H and O–H groups in total. The molecule has 1 aliphatic carbocycles. The van der Waals surface area contributed by atoms with Crippen molar-refractivity contribution in [2.45, 2.75) is 32.1 Å². The minimum absolute atomic E-state index is 0.0916. The van der Waals surface area contributed by atoms with Crippen LogP contribution in [0.4, 0.5) is 5.13 Å². The Labute approximate surface area is 158 Å². The molecule has 140 valence electrons. The molecule has 1 aromatic carbocycles. The van der Waals surface area contributed by atoms with E-state index in [0.29, 0.717) is 18.3 Å². The fourth-order valence-electron chi connectivity index (χ4n) is 3.23. The molecule has 1 amide bonds. The highest BCUT2D eigenvalue weighted by molar-refractivity contribution is 7.18. The van der Waals surface area contributed by atoms with E-state index < -0.39 is 0 Å². The van der Waals surface area contributed by atoms with Gasteiger partial charge in [0.2, 0.25) is 11.0 Å². The first-order valence-electron chi connectivity index (χ1n) is 9.01. The molecule has 1 fully saturated rings. The number of carbonyl (C=O) groups is 1. The number of hydrogen-bond acceptors (Lipinski definition) is 6. The molecular weight excluding hydrogens is 350 g/mol. The third kappa shape index (κ3) is 4.40. The number of nitrogens with zero attached hydrogens (tertiary/aromatic N) is 3. The second-order valence-electron chi connectivity index (χ2n) is 6.44. The number of carbonyl (C=O) groups excluding carboxylic acids is 1. The van der Waals surface area contributed by atoms with Crippen LogP contribution >= 0.6 is 11.3 Å². The highest BCUT2D eigenvalue weighted by atomic mass is 32.1. The van der Waals surface area contributed by atoms with Crippen LogP contribution < -0.4 is 9.64 Å². The van der Waals surface area contributed by atoms with Crippen LogP contribution in [-0.4, -0.2) is 43.5 Å². The Kier molecular flexibility index (Phi) is 6.57. The third-order valence-corrected chi connectivity index (χ3v) is 5.72. The molecule has 2 aromatic rings. The van der Waals surface area contributed by atoms with Gasteiger partial charge in [-0.1, -0.05) is 30.6 Å².